The molecule has 1 unspecified atom stereocenters. The Morgan fingerprint density at radius 2 is 2.35 bits per heavy atom. The van der Waals surface area contributed by atoms with Gasteiger partial charge in [0.2, 0.25) is 0 Å². The van der Waals surface area contributed by atoms with E-state index in [1.165, 1.54) is 0 Å². The van der Waals surface area contributed by atoms with Crippen LogP contribution in [-0.4, -0.2) is 42.8 Å². The summed E-state index contributed by atoms with van der Waals surface area (Å²) in [6.07, 6.45) is 1.07. The largest absolute Gasteiger partial charge is 0.377 e. The highest BCUT2D eigenvalue weighted by atomic mass is 16.5. The monoisotopic (exact) mass is 236 g/mol. The topological polar surface area (TPSA) is 50.3 Å². The van der Waals surface area contributed by atoms with Gasteiger partial charge in [-0.3, -0.25) is 0 Å². The molecule has 1 aromatic heterocycles. The predicted octanol–water partition coefficient (Wildman–Crippen LogP) is 1.44. The first kappa shape index (κ1) is 12.1. The summed E-state index contributed by atoms with van der Waals surface area (Å²) in [5.74, 6) is 2.67. The average molecular weight is 236 g/mol. The maximum Gasteiger partial charge on any atom is 0.134 e. The lowest BCUT2D eigenvalue weighted by atomic mass is 10.2. The van der Waals surface area contributed by atoms with E-state index in [0.717, 1.165) is 43.6 Å². The molecule has 1 aliphatic rings. The van der Waals surface area contributed by atoms with Gasteiger partial charge in [-0.15, -0.1) is 0 Å². The Labute approximate surface area is 102 Å². The van der Waals surface area contributed by atoms with Crippen LogP contribution in [0.2, 0.25) is 0 Å². The second-order valence-electron chi connectivity index (χ2n) is 4.24. The number of hydrogen-bond acceptors (Lipinski definition) is 5. The first-order chi connectivity index (χ1) is 8.24. The Balaban J connectivity index is 2.27. The molecular formula is C12H20N4O. The zero-order chi connectivity index (χ0) is 12.3. The van der Waals surface area contributed by atoms with E-state index in [2.05, 4.69) is 27.1 Å². The highest BCUT2D eigenvalue weighted by Gasteiger charge is 2.23. The highest BCUT2D eigenvalue weighted by Crippen LogP contribution is 2.21. The predicted molar refractivity (Wildman–Crippen MR) is 68.6 cm³/mol. The van der Waals surface area contributed by atoms with E-state index in [0.29, 0.717) is 6.04 Å². The van der Waals surface area contributed by atoms with E-state index in [-0.39, 0.29) is 0 Å². The number of rotatable bonds is 3. The third-order valence-electron chi connectivity index (χ3n) is 3.07. The Hall–Kier alpha value is -1.36. The van der Waals surface area contributed by atoms with Crippen molar-refractivity contribution in [2.45, 2.75) is 26.3 Å². The average Bonchev–Trinajstić information content (AvgIpc) is 2.37. The van der Waals surface area contributed by atoms with Gasteiger partial charge in [0.25, 0.3) is 0 Å². The van der Waals surface area contributed by atoms with Gasteiger partial charge < -0.3 is 15.0 Å². The number of morpholine rings is 1. The zero-order valence-corrected chi connectivity index (χ0v) is 10.7. The van der Waals surface area contributed by atoms with Crippen LogP contribution in [0.25, 0.3) is 0 Å². The van der Waals surface area contributed by atoms with Crippen LogP contribution >= 0.6 is 0 Å². The van der Waals surface area contributed by atoms with Crippen molar-refractivity contribution >= 4 is 11.6 Å². The molecule has 1 saturated heterocycles. The van der Waals surface area contributed by atoms with Crippen LogP contribution in [-0.2, 0) is 4.74 Å². The van der Waals surface area contributed by atoms with Crippen LogP contribution in [0.4, 0.5) is 11.6 Å². The summed E-state index contributed by atoms with van der Waals surface area (Å²) in [5.41, 5.74) is 0. The molecule has 0 spiro atoms. The molecule has 1 aliphatic heterocycles. The van der Waals surface area contributed by atoms with E-state index in [1.807, 2.05) is 20.0 Å². The van der Waals surface area contributed by atoms with Gasteiger partial charge in [-0.25, -0.2) is 9.97 Å². The maximum absolute atomic E-state index is 5.51. The van der Waals surface area contributed by atoms with E-state index in [1.54, 1.807) is 0 Å². The maximum atomic E-state index is 5.51. The summed E-state index contributed by atoms with van der Waals surface area (Å²) < 4.78 is 5.51. The molecule has 2 rings (SSSR count). The summed E-state index contributed by atoms with van der Waals surface area (Å²) in [6, 6.07) is 2.42. The van der Waals surface area contributed by atoms with E-state index in [9.17, 15) is 0 Å². The van der Waals surface area contributed by atoms with Crippen LogP contribution in [0.15, 0.2) is 6.07 Å². The zero-order valence-electron chi connectivity index (χ0n) is 10.7. The molecule has 0 bridgehead atoms. The van der Waals surface area contributed by atoms with Crippen molar-refractivity contribution in [3.63, 3.8) is 0 Å². The molecule has 17 heavy (non-hydrogen) atoms. The molecule has 1 atom stereocenters. The van der Waals surface area contributed by atoms with E-state index in [4.69, 9.17) is 4.74 Å². The smallest absolute Gasteiger partial charge is 0.134 e. The third kappa shape index (κ3) is 2.66. The van der Waals surface area contributed by atoms with Gasteiger partial charge in [0.05, 0.1) is 19.3 Å². The molecule has 1 fully saturated rings. The first-order valence-corrected chi connectivity index (χ1v) is 6.12. The Bertz CT molecular complexity index is 383. The van der Waals surface area contributed by atoms with Crippen molar-refractivity contribution in [3.8, 4) is 0 Å². The second kappa shape index (κ2) is 5.31. The fourth-order valence-corrected chi connectivity index (χ4v) is 2.12. The summed E-state index contributed by atoms with van der Waals surface area (Å²) in [4.78, 5) is 11.2. The van der Waals surface area contributed by atoms with Crippen molar-refractivity contribution in [2.24, 2.45) is 0 Å². The van der Waals surface area contributed by atoms with E-state index < -0.39 is 0 Å². The minimum atomic E-state index is 0.419. The summed E-state index contributed by atoms with van der Waals surface area (Å²) in [6.45, 7) is 6.56. The summed E-state index contributed by atoms with van der Waals surface area (Å²) in [7, 11) is 1.88. The summed E-state index contributed by atoms with van der Waals surface area (Å²) in [5, 5.41) is 3.07. The van der Waals surface area contributed by atoms with Gasteiger partial charge in [0.15, 0.2) is 0 Å². The molecule has 0 radical (unpaired) electrons. The van der Waals surface area contributed by atoms with Gasteiger partial charge in [-0.05, 0) is 13.3 Å². The second-order valence-corrected chi connectivity index (χ2v) is 4.24. The lowest BCUT2D eigenvalue weighted by Gasteiger charge is -2.36. The van der Waals surface area contributed by atoms with Crippen molar-refractivity contribution in [1.29, 1.82) is 0 Å². The number of hydrogen-bond donors (Lipinski definition) is 1. The molecule has 2 heterocycles. The SMILES string of the molecule is CCC1COCCN1c1cc(NC)nc(C)n1. The molecular weight excluding hydrogens is 216 g/mol. The molecule has 0 saturated carbocycles. The van der Waals surface area contributed by atoms with Crippen molar-refractivity contribution in [3.05, 3.63) is 11.9 Å². The van der Waals surface area contributed by atoms with Gasteiger partial charge in [0.1, 0.15) is 17.5 Å². The Morgan fingerprint density at radius 3 is 3.06 bits per heavy atom. The highest BCUT2D eigenvalue weighted by molar-refractivity contribution is 5.50. The molecule has 0 aromatic carbocycles. The van der Waals surface area contributed by atoms with Crippen LogP contribution in [0.1, 0.15) is 19.2 Å². The van der Waals surface area contributed by atoms with Crippen LogP contribution in [0.3, 0.4) is 0 Å². The standard InChI is InChI=1S/C12H20N4O/c1-4-10-8-17-6-5-16(10)12-7-11(13-3)14-9(2)15-12/h7,10H,4-6,8H2,1-3H3,(H,13,14,15). The Morgan fingerprint density at radius 1 is 1.53 bits per heavy atom. The fourth-order valence-electron chi connectivity index (χ4n) is 2.12. The molecule has 1 aromatic rings. The van der Waals surface area contributed by atoms with Gasteiger partial charge in [-0.2, -0.15) is 0 Å². The number of nitrogens with zero attached hydrogens (tertiary/aromatic N) is 3. The minimum absolute atomic E-state index is 0.419. The van der Waals surface area contributed by atoms with Crippen molar-refractivity contribution in [1.82, 2.24) is 9.97 Å². The Kier molecular flexibility index (Phi) is 3.78. The lowest BCUT2D eigenvalue weighted by Crippen LogP contribution is -2.45. The van der Waals surface area contributed by atoms with E-state index >= 15 is 0 Å². The van der Waals surface area contributed by atoms with Crippen LogP contribution < -0.4 is 10.2 Å². The number of aryl methyl sites for hydroxylation is 1. The first-order valence-electron chi connectivity index (χ1n) is 6.12. The molecule has 1 N–H and O–H groups in total. The quantitative estimate of drug-likeness (QED) is 0.860. The molecule has 94 valence electrons. The minimum Gasteiger partial charge on any atom is -0.377 e. The lowest BCUT2D eigenvalue weighted by molar-refractivity contribution is 0.0925. The van der Waals surface area contributed by atoms with Crippen molar-refractivity contribution in [2.75, 3.05) is 37.0 Å². The molecule has 5 heteroatoms. The number of ether oxygens (including phenoxy) is 1. The summed E-state index contributed by atoms with van der Waals surface area (Å²) >= 11 is 0. The van der Waals surface area contributed by atoms with Crippen LogP contribution in [0.5, 0.6) is 0 Å². The van der Waals surface area contributed by atoms with Gasteiger partial charge >= 0.3 is 0 Å². The normalized spacial score (nSPS) is 20.4. The number of aromatic nitrogens is 2. The van der Waals surface area contributed by atoms with Crippen molar-refractivity contribution < 1.29 is 4.74 Å². The van der Waals surface area contributed by atoms with Gasteiger partial charge in [-0.1, -0.05) is 6.92 Å². The fraction of sp³-hybridized carbons (Fsp3) is 0.667. The van der Waals surface area contributed by atoms with Gasteiger partial charge in [0, 0.05) is 19.7 Å². The number of nitrogens with one attached hydrogen (secondary N) is 1. The third-order valence-corrected chi connectivity index (χ3v) is 3.07. The number of anilines is 2. The molecule has 0 amide bonds. The molecule has 0 aliphatic carbocycles. The molecule has 5 nitrogen and oxygen atoms in total. The van der Waals surface area contributed by atoms with Crippen LogP contribution in [0, 0.1) is 6.92 Å².